The summed E-state index contributed by atoms with van der Waals surface area (Å²) in [6, 6.07) is 14.0. The summed E-state index contributed by atoms with van der Waals surface area (Å²) in [4.78, 5) is 0. The van der Waals surface area contributed by atoms with Gasteiger partial charge in [0.25, 0.3) is 0 Å². The maximum absolute atomic E-state index is 6.04. The van der Waals surface area contributed by atoms with Crippen molar-refractivity contribution in [2.45, 2.75) is 19.9 Å². The molecule has 0 fully saturated rings. The molecular formula is C15H17ClN2. The first-order valence-corrected chi connectivity index (χ1v) is 6.29. The fourth-order valence-corrected chi connectivity index (χ4v) is 2.34. The molecule has 0 spiro atoms. The van der Waals surface area contributed by atoms with E-state index in [1.165, 1.54) is 16.7 Å². The normalized spacial score (nSPS) is 12.4. The zero-order valence-corrected chi connectivity index (χ0v) is 11.3. The Morgan fingerprint density at radius 1 is 1.11 bits per heavy atom. The molecule has 18 heavy (non-hydrogen) atoms. The molecule has 3 heteroatoms. The van der Waals surface area contributed by atoms with E-state index in [0.29, 0.717) is 0 Å². The lowest BCUT2D eigenvalue weighted by atomic mass is 9.93. The number of aryl methyl sites for hydroxylation is 1. The molecule has 0 aliphatic rings. The molecule has 3 N–H and O–H groups in total. The highest BCUT2D eigenvalue weighted by Gasteiger charge is 2.15. The SMILES string of the molecule is Cc1cccc(C(NN)c2cccc(Cl)c2)c1C. The summed E-state index contributed by atoms with van der Waals surface area (Å²) in [6.45, 7) is 4.21. The molecule has 0 saturated carbocycles. The molecule has 2 aromatic rings. The molecule has 0 aromatic heterocycles. The summed E-state index contributed by atoms with van der Waals surface area (Å²) in [5.74, 6) is 5.71. The van der Waals surface area contributed by atoms with E-state index < -0.39 is 0 Å². The topological polar surface area (TPSA) is 38.0 Å². The highest BCUT2D eigenvalue weighted by Crippen LogP contribution is 2.27. The van der Waals surface area contributed by atoms with Gasteiger partial charge < -0.3 is 0 Å². The summed E-state index contributed by atoms with van der Waals surface area (Å²) < 4.78 is 0. The molecule has 94 valence electrons. The number of nitrogens with two attached hydrogens (primary N) is 1. The second kappa shape index (κ2) is 5.53. The van der Waals surface area contributed by atoms with Crippen LogP contribution in [0.5, 0.6) is 0 Å². The van der Waals surface area contributed by atoms with E-state index in [1.807, 2.05) is 30.3 Å². The zero-order chi connectivity index (χ0) is 13.1. The number of hydrogen-bond acceptors (Lipinski definition) is 2. The van der Waals surface area contributed by atoms with Crippen molar-refractivity contribution in [2.75, 3.05) is 0 Å². The van der Waals surface area contributed by atoms with Crippen LogP contribution < -0.4 is 11.3 Å². The van der Waals surface area contributed by atoms with Crippen LogP contribution in [-0.4, -0.2) is 0 Å². The second-order valence-electron chi connectivity index (χ2n) is 4.44. The van der Waals surface area contributed by atoms with E-state index in [0.717, 1.165) is 10.6 Å². The molecule has 0 aliphatic carbocycles. The van der Waals surface area contributed by atoms with Crippen molar-refractivity contribution in [1.82, 2.24) is 5.43 Å². The Balaban J connectivity index is 2.49. The Kier molecular flexibility index (Phi) is 4.02. The lowest BCUT2D eigenvalue weighted by Crippen LogP contribution is -2.29. The molecule has 1 atom stereocenters. The number of nitrogens with one attached hydrogen (secondary N) is 1. The summed E-state index contributed by atoms with van der Waals surface area (Å²) in [5, 5.41) is 0.720. The van der Waals surface area contributed by atoms with Crippen LogP contribution >= 0.6 is 11.6 Å². The Bertz CT molecular complexity index is 552. The van der Waals surface area contributed by atoms with Crippen LogP contribution in [0.1, 0.15) is 28.3 Å². The smallest absolute Gasteiger partial charge is 0.0713 e. The van der Waals surface area contributed by atoms with E-state index in [1.54, 1.807) is 0 Å². The largest absolute Gasteiger partial charge is 0.271 e. The lowest BCUT2D eigenvalue weighted by molar-refractivity contribution is 0.633. The van der Waals surface area contributed by atoms with Crippen LogP contribution in [0.3, 0.4) is 0 Å². The van der Waals surface area contributed by atoms with Crippen molar-refractivity contribution in [3.8, 4) is 0 Å². The molecule has 2 rings (SSSR count). The van der Waals surface area contributed by atoms with Crippen molar-refractivity contribution in [2.24, 2.45) is 5.84 Å². The van der Waals surface area contributed by atoms with Crippen LogP contribution in [-0.2, 0) is 0 Å². The number of rotatable bonds is 3. The number of hydrazine groups is 1. The monoisotopic (exact) mass is 260 g/mol. The zero-order valence-electron chi connectivity index (χ0n) is 10.6. The third-order valence-corrected chi connectivity index (χ3v) is 3.54. The lowest BCUT2D eigenvalue weighted by Gasteiger charge is -2.20. The molecule has 0 radical (unpaired) electrons. The third-order valence-electron chi connectivity index (χ3n) is 3.31. The van der Waals surface area contributed by atoms with Gasteiger partial charge in [0.2, 0.25) is 0 Å². The van der Waals surface area contributed by atoms with Crippen LogP contribution in [0, 0.1) is 13.8 Å². The highest BCUT2D eigenvalue weighted by molar-refractivity contribution is 6.30. The van der Waals surface area contributed by atoms with Crippen LogP contribution in [0.2, 0.25) is 5.02 Å². The minimum atomic E-state index is -0.0383. The van der Waals surface area contributed by atoms with Gasteiger partial charge in [0, 0.05) is 5.02 Å². The van der Waals surface area contributed by atoms with Gasteiger partial charge in [-0.2, -0.15) is 0 Å². The van der Waals surface area contributed by atoms with Crippen LogP contribution in [0.25, 0.3) is 0 Å². The van der Waals surface area contributed by atoms with Gasteiger partial charge in [-0.1, -0.05) is 41.9 Å². The van der Waals surface area contributed by atoms with Gasteiger partial charge in [0.05, 0.1) is 6.04 Å². The molecule has 0 amide bonds. The van der Waals surface area contributed by atoms with Crippen LogP contribution in [0.4, 0.5) is 0 Å². The highest BCUT2D eigenvalue weighted by atomic mass is 35.5. The van der Waals surface area contributed by atoms with E-state index in [4.69, 9.17) is 17.4 Å². The molecular weight excluding hydrogens is 244 g/mol. The quantitative estimate of drug-likeness (QED) is 0.655. The predicted molar refractivity (Wildman–Crippen MR) is 76.5 cm³/mol. The van der Waals surface area contributed by atoms with E-state index >= 15 is 0 Å². The molecule has 1 unspecified atom stereocenters. The fraction of sp³-hybridized carbons (Fsp3) is 0.200. The van der Waals surface area contributed by atoms with E-state index in [9.17, 15) is 0 Å². The van der Waals surface area contributed by atoms with Gasteiger partial charge in [0.1, 0.15) is 0 Å². The molecule has 0 heterocycles. The van der Waals surface area contributed by atoms with Gasteiger partial charge in [-0.15, -0.1) is 0 Å². The van der Waals surface area contributed by atoms with Crippen molar-refractivity contribution in [1.29, 1.82) is 0 Å². The van der Waals surface area contributed by atoms with Crippen molar-refractivity contribution < 1.29 is 0 Å². The van der Waals surface area contributed by atoms with Gasteiger partial charge in [-0.05, 0) is 48.2 Å². The predicted octanol–water partition coefficient (Wildman–Crippen LogP) is 3.51. The van der Waals surface area contributed by atoms with Gasteiger partial charge >= 0.3 is 0 Å². The number of halogens is 1. The average Bonchev–Trinajstić information content (AvgIpc) is 2.35. The van der Waals surface area contributed by atoms with Gasteiger partial charge in [0.15, 0.2) is 0 Å². The minimum absolute atomic E-state index is 0.0383. The van der Waals surface area contributed by atoms with Gasteiger partial charge in [-0.25, -0.2) is 5.43 Å². The Hall–Kier alpha value is -1.35. The molecule has 2 nitrogen and oxygen atoms in total. The number of benzene rings is 2. The maximum Gasteiger partial charge on any atom is 0.0713 e. The van der Waals surface area contributed by atoms with Crippen molar-refractivity contribution in [3.05, 3.63) is 69.7 Å². The van der Waals surface area contributed by atoms with Gasteiger partial charge in [-0.3, -0.25) is 5.84 Å². The number of hydrogen-bond donors (Lipinski definition) is 2. The molecule has 0 bridgehead atoms. The standard InChI is InChI=1S/C15H17ClN2/c1-10-5-3-8-14(11(10)2)15(18-17)12-6-4-7-13(16)9-12/h3-9,15,18H,17H2,1-2H3. The molecule has 2 aromatic carbocycles. The summed E-state index contributed by atoms with van der Waals surface area (Å²) in [7, 11) is 0. The summed E-state index contributed by atoms with van der Waals surface area (Å²) in [5.41, 5.74) is 7.63. The summed E-state index contributed by atoms with van der Waals surface area (Å²) in [6.07, 6.45) is 0. The van der Waals surface area contributed by atoms with E-state index in [2.05, 4.69) is 31.4 Å². The molecule has 0 aliphatic heterocycles. The maximum atomic E-state index is 6.04. The average molecular weight is 261 g/mol. The van der Waals surface area contributed by atoms with Crippen LogP contribution in [0.15, 0.2) is 42.5 Å². The first kappa shape index (κ1) is 13.1. The van der Waals surface area contributed by atoms with Crippen molar-refractivity contribution >= 4 is 11.6 Å². The Morgan fingerprint density at radius 3 is 2.50 bits per heavy atom. The third kappa shape index (κ3) is 2.56. The van der Waals surface area contributed by atoms with E-state index in [-0.39, 0.29) is 6.04 Å². The molecule has 0 saturated heterocycles. The summed E-state index contributed by atoms with van der Waals surface area (Å²) >= 11 is 6.04. The first-order valence-electron chi connectivity index (χ1n) is 5.91. The fourth-order valence-electron chi connectivity index (χ4n) is 2.14. The Morgan fingerprint density at radius 2 is 1.83 bits per heavy atom. The minimum Gasteiger partial charge on any atom is -0.271 e. The Labute approximate surface area is 113 Å². The first-order chi connectivity index (χ1) is 8.63. The van der Waals surface area contributed by atoms with Crippen molar-refractivity contribution in [3.63, 3.8) is 0 Å². The second-order valence-corrected chi connectivity index (χ2v) is 4.88.